The Hall–Kier alpha value is -2.13. The van der Waals surface area contributed by atoms with E-state index in [0.717, 1.165) is 42.9 Å². The molecule has 1 unspecified atom stereocenters. The average molecular weight is 279 g/mol. The van der Waals surface area contributed by atoms with Crippen LogP contribution in [0.15, 0.2) is 42.5 Å². The first kappa shape index (κ1) is 12.6. The lowest BCUT2D eigenvalue weighted by atomic mass is 9.91. The molecule has 2 aromatic carbocycles. The van der Waals surface area contributed by atoms with Gasteiger partial charge in [-0.2, -0.15) is 0 Å². The van der Waals surface area contributed by atoms with Crippen LogP contribution in [0.4, 0.5) is 0 Å². The van der Waals surface area contributed by atoms with E-state index >= 15 is 0 Å². The van der Waals surface area contributed by atoms with Gasteiger partial charge in [0.1, 0.15) is 5.75 Å². The summed E-state index contributed by atoms with van der Waals surface area (Å²) in [7, 11) is 0. The first-order valence-corrected chi connectivity index (χ1v) is 7.41. The van der Waals surface area contributed by atoms with Gasteiger partial charge in [0, 0.05) is 18.5 Å². The van der Waals surface area contributed by atoms with E-state index in [0.29, 0.717) is 0 Å². The highest BCUT2D eigenvalue weighted by atomic mass is 16.5. The summed E-state index contributed by atoms with van der Waals surface area (Å²) in [5, 5.41) is 3.36. The van der Waals surface area contributed by atoms with E-state index in [9.17, 15) is 4.79 Å². The molecule has 0 aromatic heterocycles. The van der Waals surface area contributed by atoms with Gasteiger partial charge in [-0.05, 0) is 41.3 Å². The van der Waals surface area contributed by atoms with Gasteiger partial charge < -0.3 is 10.1 Å². The van der Waals surface area contributed by atoms with E-state index in [-0.39, 0.29) is 11.8 Å². The SMILES string of the molecule is O=C(c1ccc2c(c1)CCO2)C1Cc2ccccc2CN1. The minimum absolute atomic E-state index is 0.125. The van der Waals surface area contributed by atoms with E-state index < -0.39 is 0 Å². The van der Waals surface area contributed by atoms with Gasteiger partial charge in [0.2, 0.25) is 0 Å². The van der Waals surface area contributed by atoms with Crippen LogP contribution in [-0.2, 0) is 19.4 Å². The molecule has 0 spiro atoms. The molecule has 4 rings (SSSR count). The molecule has 106 valence electrons. The second-order valence-corrected chi connectivity index (χ2v) is 5.69. The molecule has 21 heavy (non-hydrogen) atoms. The molecule has 0 saturated heterocycles. The van der Waals surface area contributed by atoms with Gasteiger partial charge in [-0.1, -0.05) is 24.3 Å². The molecule has 0 bridgehead atoms. The summed E-state index contributed by atoms with van der Waals surface area (Å²) in [6.07, 6.45) is 1.67. The number of nitrogens with one attached hydrogen (secondary N) is 1. The lowest BCUT2D eigenvalue weighted by molar-refractivity contribution is 0.0938. The highest BCUT2D eigenvalue weighted by molar-refractivity contribution is 6.00. The Balaban J connectivity index is 1.59. The molecule has 2 aliphatic rings. The number of fused-ring (bicyclic) bond motifs is 2. The van der Waals surface area contributed by atoms with Crippen molar-refractivity contribution in [1.29, 1.82) is 0 Å². The van der Waals surface area contributed by atoms with Crippen LogP contribution in [0.25, 0.3) is 0 Å². The van der Waals surface area contributed by atoms with Crippen molar-refractivity contribution < 1.29 is 9.53 Å². The van der Waals surface area contributed by atoms with Crippen molar-refractivity contribution in [3.05, 3.63) is 64.7 Å². The molecule has 2 aromatic rings. The maximum absolute atomic E-state index is 12.7. The fraction of sp³-hybridized carbons (Fsp3) is 0.278. The molecule has 1 atom stereocenters. The summed E-state index contributed by atoms with van der Waals surface area (Å²) in [6, 6.07) is 14.0. The number of hydrogen-bond donors (Lipinski definition) is 1. The standard InChI is InChI=1S/C18H17NO2/c20-18(14-5-6-17-13(9-14)7-8-21-17)16-10-12-3-1-2-4-15(12)11-19-16/h1-6,9,16,19H,7-8,10-11H2. The van der Waals surface area contributed by atoms with Crippen LogP contribution in [0.5, 0.6) is 5.75 Å². The summed E-state index contributed by atoms with van der Waals surface area (Å²) in [6.45, 7) is 1.49. The zero-order valence-electron chi connectivity index (χ0n) is 11.8. The van der Waals surface area contributed by atoms with E-state index in [2.05, 4.69) is 17.4 Å². The average Bonchev–Trinajstić information content (AvgIpc) is 3.01. The molecule has 0 radical (unpaired) electrons. The highest BCUT2D eigenvalue weighted by Gasteiger charge is 2.25. The molecule has 3 heteroatoms. The summed E-state index contributed by atoms with van der Waals surface area (Å²) in [4.78, 5) is 12.7. The quantitative estimate of drug-likeness (QED) is 0.858. The smallest absolute Gasteiger partial charge is 0.180 e. The largest absolute Gasteiger partial charge is 0.493 e. The Bertz CT molecular complexity index is 708. The van der Waals surface area contributed by atoms with Crippen molar-refractivity contribution in [2.45, 2.75) is 25.4 Å². The van der Waals surface area contributed by atoms with Gasteiger partial charge in [0.25, 0.3) is 0 Å². The number of ether oxygens (including phenoxy) is 1. The van der Waals surface area contributed by atoms with Crippen LogP contribution < -0.4 is 10.1 Å². The topological polar surface area (TPSA) is 38.3 Å². The van der Waals surface area contributed by atoms with Crippen LogP contribution in [0.1, 0.15) is 27.0 Å². The van der Waals surface area contributed by atoms with Crippen molar-refractivity contribution in [2.75, 3.05) is 6.61 Å². The van der Waals surface area contributed by atoms with Crippen LogP contribution in [-0.4, -0.2) is 18.4 Å². The van der Waals surface area contributed by atoms with Gasteiger partial charge in [-0.25, -0.2) is 0 Å². The van der Waals surface area contributed by atoms with Gasteiger partial charge in [0.15, 0.2) is 5.78 Å². The molecule has 1 N–H and O–H groups in total. The van der Waals surface area contributed by atoms with Gasteiger partial charge in [-0.3, -0.25) is 4.79 Å². The summed E-state index contributed by atoms with van der Waals surface area (Å²) >= 11 is 0. The number of carbonyl (C=O) groups excluding carboxylic acids is 1. The third kappa shape index (κ3) is 2.24. The highest BCUT2D eigenvalue weighted by Crippen LogP contribution is 2.27. The first-order chi connectivity index (χ1) is 10.3. The lowest BCUT2D eigenvalue weighted by Crippen LogP contribution is -2.41. The second kappa shape index (κ2) is 5.01. The van der Waals surface area contributed by atoms with Crippen molar-refractivity contribution >= 4 is 5.78 Å². The molecule has 0 aliphatic carbocycles. The fourth-order valence-corrected chi connectivity index (χ4v) is 3.18. The van der Waals surface area contributed by atoms with Crippen molar-refractivity contribution in [2.24, 2.45) is 0 Å². The molecule has 3 nitrogen and oxygen atoms in total. The summed E-state index contributed by atoms with van der Waals surface area (Å²) < 4.78 is 5.50. The van der Waals surface area contributed by atoms with Crippen molar-refractivity contribution in [3.8, 4) is 5.75 Å². The minimum Gasteiger partial charge on any atom is -0.493 e. The molecule has 0 fully saturated rings. The molecule has 0 saturated carbocycles. The third-order valence-corrected chi connectivity index (χ3v) is 4.37. The van der Waals surface area contributed by atoms with Crippen LogP contribution in [0, 0.1) is 0 Å². The van der Waals surface area contributed by atoms with Crippen molar-refractivity contribution in [1.82, 2.24) is 5.32 Å². The lowest BCUT2D eigenvalue weighted by Gasteiger charge is -2.25. The first-order valence-electron chi connectivity index (χ1n) is 7.41. The Morgan fingerprint density at radius 3 is 2.86 bits per heavy atom. The number of Topliss-reactive ketones (excluding diaryl/α,β-unsaturated/α-hetero) is 1. The Kier molecular flexibility index (Phi) is 3.00. The van der Waals surface area contributed by atoms with Crippen molar-refractivity contribution in [3.63, 3.8) is 0 Å². The molecular weight excluding hydrogens is 262 g/mol. The maximum atomic E-state index is 12.7. The summed E-state index contributed by atoms with van der Waals surface area (Å²) in [5.74, 6) is 1.10. The van der Waals surface area contributed by atoms with Gasteiger partial charge in [0.05, 0.1) is 12.6 Å². The van der Waals surface area contributed by atoms with Crippen LogP contribution >= 0.6 is 0 Å². The van der Waals surface area contributed by atoms with E-state index in [1.165, 1.54) is 11.1 Å². The maximum Gasteiger partial charge on any atom is 0.180 e. The van der Waals surface area contributed by atoms with E-state index in [4.69, 9.17) is 4.74 Å². The predicted octanol–water partition coefficient (Wildman–Crippen LogP) is 2.52. The normalized spacial score (nSPS) is 19.5. The Morgan fingerprint density at radius 2 is 1.95 bits per heavy atom. The molecule has 2 heterocycles. The van der Waals surface area contributed by atoms with E-state index in [1.807, 2.05) is 30.3 Å². The summed E-state index contributed by atoms with van der Waals surface area (Å²) in [5.41, 5.74) is 4.51. The zero-order valence-corrected chi connectivity index (χ0v) is 11.8. The second-order valence-electron chi connectivity index (χ2n) is 5.69. The Morgan fingerprint density at radius 1 is 1.10 bits per heavy atom. The molecular formula is C18H17NO2. The van der Waals surface area contributed by atoms with Gasteiger partial charge >= 0.3 is 0 Å². The third-order valence-electron chi connectivity index (χ3n) is 4.37. The molecule has 0 amide bonds. The van der Waals surface area contributed by atoms with Crippen LogP contribution in [0.3, 0.4) is 0 Å². The fourth-order valence-electron chi connectivity index (χ4n) is 3.18. The van der Waals surface area contributed by atoms with Gasteiger partial charge in [-0.15, -0.1) is 0 Å². The Labute approximate surface area is 123 Å². The number of hydrogen-bond acceptors (Lipinski definition) is 3. The number of benzene rings is 2. The number of carbonyl (C=O) groups is 1. The predicted molar refractivity (Wildman–Crippen MR) is 80.7 cm³/mol. The monoisotopic (exact) mass is 279 g/mol. The minimum atomic E-state index is -0.125. The van der Waals surface area contributed by atoms with E-state index in [1.54, 1.807) is 0 Å². The zero-order chi connectivity index (χ0) is 14.2. The number of rotatable bonds is 2. The molecule has 2 aliphatic heterocycles. The van der Waals surface area contributed by atoms with Crippen LogP contribution in [0.2, 0.25) is 0 Å². The number of ketones is 1.